The Morgan fingerprint density at radius 2 is 2.07 bits per heavy atom. The predicted octanol–water partition coefficient (Wildman–Crippen LogP) is 2.98. The van der Waals surface area contributed by atoms with Crippen LogP contribution in [0.15, 0.2) is 41.3 Å². The summed E-state index contributed by atoms with van der Waals surface area (Å²) in [7, 11) is 0. The number of aliphatic carboxylic acids is 1. The van der Waals surface area contributed by atoms with Crippen LogP contribution in [-0.4, -0.2) is 16.8 Å². The summed E-state index contributed by atoms with van der Waals surface area (Å²) in [5, 5.41) is 8.60. The predicted molar refractivity (Wildman–Crippen MR) is 63.3 cm³/mol. The average Bonchev–Trinajstić information content (AvgIpc) is 2.20. The van der Waals surface area contributed by atoms with E-state index >= 15 is 0 Å². The summed E-state index contributed by atoms with van der Waals surface area (Å²) in [4.78, 5) is 11.6. The topological polar surface area (TPSA) is 37.3 Å². The highest BCUT2D eigenvalue weighted by molar-refractivity contribution is 7.99. The minimum atomic E-state index is -0.788. The van der Waals surface area contributed by atoms with Gasteiger partial charge in [-0.2, -0.15) is 0 Å². The minimum Gasteiger partial charge on any atom is -0.481 e. The average molecular weight is 222 g/mol. The van der Waals surface area contributed by atoms with Crippen molar-refractivity contribution in [2.45, 2.75) is 18.2 Å². The van der Waals surface area contributed by atoms with Crippen LogP contribution >= 0.6 is 11.8 Å². The van der Waals surface area contributed by atoms with E-state index in [4.69, 9.17) is 5.11 Å². The van der Waals surface area contributed by atoms with Gasteiger partial charge in [0.15, 0.2) is 0 Å². The van der Waals surface area contributed by atoms with Crippen molar-refractivity contribution < 1.29 is 9.90 Å². The van der Waals surface area contributed by atoms with Gasteiger partial charge in [0.2, 0.25) is 0 Å². The molecule has 0 atom stereocenters. The maximum absolute atomic E-state index is 10.5. The highest BCUT2D eigenvalue weighted by atomic mass is 32.2. The van der Waals surface area contributed by atoms with Crippen molar-refractivity contribution >= 4 is 17.7 Å². The van der Waals surface area contributed by atoms with Crippen molar-refractivity contribution in [3.63, 3.8) is 0 Å². The van der Waals surface area contributed by atoms with E-state index in [1.54, 1.807) is 11.8 Å². The molecule has 0 bridgehead atoms. The lowest BCUT2D eigenvalue weighted by molar-refractivity contribution is -0.136. The first-order chi connectivity index (χ1) is 7.22. The van der Waals surface area contributed by atoms with Crippen LogP contribution in [-0.2, 0) is 11.2 Å². The standard InChI is InChI=1S/C12H14O2S/c1-2-3-8-15-11-6-4-10(5-7-11)9-12(13)14/h2-7H,8-9H2,1H3,(H,13,14). The zero-order chi connectivity index (χ0) is 11.1. The van der Waals surface area contributed by atoms with Crippen LogP contribution in [0.4, 0.5) is 0 Å². The quantitative estimate of drug-likeness (QED) is 0.614. The van der Waals surface area contributed by atoms with Crippen LogP contribution in [0.5, 0.6) is 0 Å². The van der Waals surface area contributed by atoms with Crippen molar-refractivity contribution in [1.82, 2.24) is 0 Å². The molecule has 80 valence electrons. The van der Waals surface area contributed by atoms with E-state index in [1.807, 2.05) is 37.3 Å². The van der Waals surface area contributed by atoms with Crippen LogP contribution < -0.4 is 0 Å². The molecule has 2 nitrogen and oxygen atoms in total. The summed E-state index contributed by atoms with van der Waals surface area (Å²) >= 11 is 1.74. The lowest BCUT2D eigenvalue weighted by Crippen LogP contribution is -1.99. The third kappa shape index (κ3) is 4.70. The first kappa shape index (κ1) is 11.9. The Morgan fingerprint density at radius 1 is 1.40 bits per heavy atom. The van der Waals surface area contributed by atoms with E-state index < -0.39 is 5.97 Å². The maximum Gasteiger partial charge on any atom is 0.307 e. The fourth-order valence-corrected chi connectivity index (χ4v) is 1.93. The molecule has 0 aliphatic carbocycles. The Labute approximate surface area is 94.0 Å². The van der Waals surface area contributed by atoms with E-state index in [-0.39, 0.29) is 6.42 Å². The summed E-state index contributed by atoms with van der Waals surface area (Å²) in [6.45, 7) is 2.00. The highest BCUT2D eigenvalue weighted by Crippen LogP contribution is 2.18. The maximum atomic E-state index is 10.5. The fraction of sp³-hybridized carbons (Fsp3) is 0.250. The molecule has 3 heteroatoms. The van der Waals surface area contributed by atoms with Crippen molar-refractivity contribution in [3.05, 3.63) is 42.0 Å². The number of carboxylic acids is 1. The van der Waals surface area contributed by atoms with Gasteiger partial charge in [0, 0.05) is 10.6 Å². The second-order valence-corrected chi connectivity index (χ2v) is 4.19. The van der Waals surface area contributed by atoms with E-state index in [0.29, 0.717) is 0 Å². The van der Waals surface area contributed by atoms with Gasteiger partial charge < -0.3 is 5.11 Å². The number of hydrogen-bond acceptors (Lipinski definition) is 2. The zero-order valence-corrected chi connectivity index (χ0v) is 9.46. The smallest absolute Gasteiger partial charge is 0.307 e. The summed E-state index contributed by atoms with van der Waals surface area (Å²) in [5.41, 5.74) is 0.845. The van der Waals surface area contributed by atoms with E-state index in [0.717, 1.165) is 11.3 Å². The number of allylic oxidation sites excluding steroid dienone is 1. The third-order valence-electron chi connectivity index (χ3n) is 1.86. The monoisotopic (exact) mass is 222 g/mol. The summed E-state index contributed by atoms with van der Waals surface area (Å²) in [5.74, 6) is 0.165. The number of carbonyl (C=O) groups is 1. The van der Waals surface area contributed by atoms with Crippen LogP contribution in [0.2, 0.25) is 0 Å². The van der Waals surface area contributed by atoms with E-state index in [1.165, 1.54) is 4.90 Å². The molecule has 0 spiro atoms. The molecule has 0 aliphatic rings. The first-order valence-corrected chi connectivity index (χ1v) is 5.75. The van der Waals surface area contributed by atoms with Gasteiger partial charge in [0.25, 0.3) is 0 Å². The highest BCUT2D eigenvalue weighted by Gasteiger charge is 1.99. The van der Waals surface area contributed by atoms with Gasteiger partial charge in [0.05, 0.1) is 6.42 Å². The lowest BCUT2D eigenvalue weighted by Gasteiger charge is -2.00. The van der Waals surface area contributed by atoms with Gasteiger partial charge in [-0.15, -0.1) is 11.8 Å². The van der Waals surface area contributed by atoms with Crippen molar-refractivity contribution in [2.24, 2.45) is 0 Å². The Kier molecular flexibility index (Phi) is 4.98. The van der Waals surface area contributed by atoms with Gasteiger partial charge in [-0.25, -0.2) is 0 Å². The van der Waals surface area contributed by atoms with Crippen molar-refractivity contribution in [3.8, 4) is 0 Å². The number of rotatable bonds is 5. The molecule has 0 amide bonds. The SMILES string of the molecule is CC=CCSc1ccc(CC(=O)O)cc1. The Morgan fingerprint density at radius 3 is 2.60 bits per heavy atom. The van der Waals surface area contributed by atoms with Gasteiger partial charge in [-0.1, -0.05) is 24.3 Å². The molecule has 1 aromatic carbocycles. The van der Waals surface area contributed by atoms with Crippen molar-refractivity contribution in [1.29, 1.82) is 0 Å². The van der Waals surface area contributed by atoms with Crippen LogP contribution in [0.1, 0.15) is 12.5 Å². The molecule has 15 heavy (non-hydrogen) atoms. The first-order valence-electron chi connectivity index (χ1n) is 4.77. The Bertz CT molecular complexity index is 341. The molecule has 1 aromatic rings. The fourth-order valence-electron chi connectivity index (χ4n) is 1.12. The molecule has 0 unspecified atom stereocenters. The molecule has 0 fully saturated rings. The number of carboxylic acid groups (broad SMARTS) is 1. The Hall–Kier alpha value is -1.22. The van der Waals surface area contributed by atoms with Gasteiger partial charge in [-0.3, -0.25) is 4.79 Å². The van der Waals surface area contributed by atoms with Gasteiger partial charge in [-0.05, 0) is 24.6 Å². The summed E-state index contributed by atoms with van der Waals surface area (Å²) < 4.78 is 0. The van der Waals surface area contributed by atoms with Crippen LogP contribution in [0, 0.1) is 0 Å². The molecular formula is C12H14O2S. The molecule has 1 rings (SSSR count). The lowest BCUT2D eigenvalue weighted by atomic mass is 10.2. The molecule has 0 heterocycles. The van der Waals surface area contributed by atoms with E-state index in [9.17, 15) is 4.79 Å². The second-order valence-electron chi connectivity index (χ2n) is 3.09. The summed E-state index contributed by atoms with van der Waals surface area (Å²) in [6, 6.07) is 7.66. The normalized spacial score (nSPS) is 10.7. The van der Waals surface area contributed by atoms with Crippen LogP contribution in [0.3, 0.4) is 0 Å². The minimum absolute atomic E-state index is 0.0970. The Balaban J connectivity index is 2.52. The molecule has 0 saturated heterocycles. The number of thioether (sulfide) groups is 1. The molecule has 1 N–H and O–H groups in total. The number of hydrogen-bond donors (Lipinski definition) is 1. The van der Waals surface area contributed by atoms with E-state index in [2.05, 4.69) is 6.08 Å². The summed E-state index contributed by atoms with van der Waals surface area (Å²) in [6.07, 6.45) is 4.21. The van der Waals surface area contributed by atoms with Crippen LogP contribution in [0.25, 0.3) is 0 Å². The third-order valence-corrected chi connectivity index (χ3v) is 2.83. The molecular weight excluding hydrogens is 208 g/mol. The number of benzene rings is 1. The molecule has 0 aliphatic heterocycles. The molecule has 0 saturated carbocycles. The largest absolute Gasteiger partial charge is 0.481 e. The molecule has 0 radical (unpaired) electrons. The van der Waals surface area contributed by atoms with Crippen molar-refractivity contribution in [2.75, 3.05) is 5.75 Å². The molecule has 0 aromatic heterocycles. The van der Waals surface area contributed by atoms with Gasteiger partial charge >= 0.3 is 5.97 Å². The van der Waals surface area contributed by atoms with Gasteiger partial charge in [0.1, 0.15) is 0 Å². The second kappa shape index (κ2) is 6.30. The zero-order valence-electron chi connectivity index (χ0n) is 8.64.